The number of rotatable bonds is 5. The number of hydrogen-bond donors (Lipinski definition) is 1. The highest BCUT2D eigenvalue weighted by atomic mass is 16.5. The predicted molar refractivity (Wildman–Crippen MR) is 102 cm³/mol. The van der Waals surface area contributed by atoms with E-state index in [9.17, 15) is 4.79 Å². The van der Waals surface area contributed by atoms with E-state index in [2.05, 4.69) is 16.4 Å². The molecule has 2 heterocycles. The number of pyridine rings is 1. The van der Waals surface area contributed by atoms with Gasteiger partial charge in [0.1, 0.15) is 0 Å². The number of nitrogens with zero attached hydrogens (tertiary/aromatic N) is 1. The molecule has 1 saturated heterocycles. The molecule has 0 spiro atoms. The minimum absolute atomic E-state index is 0.0421. The SMILES string of the molecule is O=C(NCCc1ccnc2ccccc12)C1(c2ccccc2)CCCO1. The van der Waals surface area contributed by atoms with Crippen LogP contribution in [0.15, 0.2) is 66.9 Å². The third-order valence-corrected chi connectivity index (χ3v) is 5.05. The Hall–Kier alpha value is -2.72. The molecule has 4 heteroatoms. The summed E-state index contributed by atoms with van der Waals surface area (Å²) in [4.78, 5) is 17.4. The van der Waals surface area contributed by atoms with E-state index in [4.69, 9.17) is 4.74 Å². The summed E-state index contributed by atoms with van der Waals surface area (Å²) in [6, 6.07) is 19.9. The number of aromatic nitrogens is 1. The average molecular weight is 346 g/mol. The van der Waals surface area contributed by atoms with Crippen molar-refractivity contribution < 1.29 is 9.53 Å². The van der Waals surface area contributed by atoms with Crippen molar-refractivity contribution in [3.63, 3.8) is 0 Å². The highest BCUT2D eigenvalue weighted by Crippen LogP contribution is 2.36. The minimum Gasteiger partial charge on any atom is -0.360 e. The third-order valence-electron chi connectivity index (χ3n) is 5.05. The average Bonchev–Trinajstić information content (AvgIpc) is 3.20. The summed E-state index contributed by atoms with van der Waals surface area (Å²) < 4.78 is 5.94. The van der Waals surface area contributed by atoms with Crippen LogP contribution in [0.5, 0.6) is 0 Å². The molecule has 4 nitrogen and oxygen atoms in total. The van der Waals surface area contributed by atoms with E-state index in [0.717, 1.165) is 35.7 Å². The Balaban J connectivity index is 1.48. The Morgan fingerprint density at radius 3 is 2.69 bits per heavy atom. The van der Waals surface area contributed by atoms with Crippen LogP contribution in [-0.2, 0) is 21.6 Å². The fraction of sp³-hybridized carbons (Fsp3) is 0.273. The van der Waals surface area contributed by atoms with Crippen molar-refractivity contribution in [1.82, 2.24) is 10.3 Å². The molecule has 1 amide bonds. The Labute approximate surface area is 153 Å². The summed E-state index contributed by atoms with van der Waals surface area (Å²) in [6.07, 6.45) is 4.21. The maximum atomic E-state index is 13.0. The number of benzene rings is 2. The van der Waals surface area contributed by atoms with Crippen LogP contribution in [0.2, 0.25) is 0 Å². The van der Waals surface area contributed by atoms with Crippen molar-refractivity contribution >= 4 is 16.8 Å². The van der Waals surface area contributed by atoms with E-state index in [1.807, 2.05) is 60.8 Å². The molecule has 132 valence electrons. The lowest BCUT2D eigenvalue weighted by molar-refractivity contribution is -0.142. The molecule has 0 radical (unpaired) electrons. The predicted octanol–water partition coefficient (Wildman–Crippen LogP) is 3.60. The molecule has 0 bridgehead atoms. The first-order chi connectivity index (χ1) is 12.8. The standard InChI is InChI=1S/C22H22N2O2/c25-21(22(13-6-16-26-22)18-7-2-1-3-8-18)24-15-12-17-11-14-23-20-10-5-4-9-19(17)20/h1-5,7-11,14H,6,12-13,15-16H2,(H,24,25). The van der Waals surface area contributed by atoms with E-state index in [-0.39, 0.29) is 5.91 Å². The van der Waals surface area contributed by atoms with Crippen molar-refractivity contribution in [3.8, 4) is 0 Å². The number of hydrogen-bond acceptors (Lipinski definition) is 3. The van der Waals surface area contributed by atoms with Crippen molar-refractivity contribution in [2.45, 2.75) is 24.9 Å². The number of nitrogens with one attached hydrogen (secondary N) is 1. The number of carbonyl (C=O) groups is 1. The second-order valence-corrected chi connectivity index (χ2v) is 6.64. The van der Waals surface area contributed by atoms with Gasteiger partial charge in [0.05, 0.1) is 5.52 Å². The summed E-state index contributed by atoms with van der Waals surface area (Å²) >= 11 is 0. The van der Waals surface area contributed by atoms with E-state index in [0.29, 0.717) is 13.2 Å². The highest BCUT2D eigenvalue weighted by Gasteiger charge is 2.44. The number of para-hydroxylation sites is 1. The monoisotopic (exact) mass is 346 g/mol. The maximum absolute atomic E-state index is 13.0. The van der Waals surface area contributed by atoms with Crippen molar-refractivity contribution in [2.75, 3.05) is 13.2 Å². The van der Waals surface area contributed by atoms with Crippen molar-refractivity contribution in [1.29, 1.82) is 0 Å². The number of fused-ring (bicyclic) bond motifs is 1. The molecule has 4 rings (SSSR count). The maximum Gasteiger partial charge on any atom is 0.256 e. The normalized spacial score (nSPS) is 19.5. The second kappa shape index (κ2) is 7.26. The zero-order valence-corrected chi connectivity index (χ0v) is 14.7. The molecular formula is C22H22N2O2. The van der Waals surface area contributed by atoms with E-state index in [1.54, 1.807) is 0 Å². The molecule has 1 aliphatic rings. The minimum atomic E-state index is -0.846. The van der Waals surface area contributed by atoms with Crippen LogP contribution in [-0.4, -0.2) is 24.0 Å². The van der Waals surface area contributed by atoms with Gasteiger partial charge in [0.15, 0.2) is 5.60 Å². The van der Waals surface area contributed by atoms with Gasteiger partial charge in [-0.25, -0.2) is 0 Å². The van der Waals surface area contributed by atoms with Crippen LogP contribution in [0.25, 0.3) is 10.9 Å². The summed E-state index contributed by atoms with van der Waals surface area (Å²) in [7, 11) is 0. The lowest BCUT2D eigenvalue weighted by Crippen LogP contribution is -2.44. The van der Waals surface area contributed by atoms with Crippen LogP contribution in [0.4, 0.5) is 0 Å². The molecule has 1 fully saturated rings. The first-order valence-electron chi connectivity index (χ1n) is 9.10. The summed E-state index contributed by atoms with van der Waals surface area (Å²) in [5.41, 5.74) is 2.26. The van der Waals surface area contributed by atoms with Crippen LogP contribution in [0, 0.1) is 0 Å². The van der Waals surface area contributed by atoms with Gasteiger partial charge in [-0.05, 0) is 42.5 Å². The van der Waals surface area contributed by atoms with E-state index in [1.165, 1.54) is 5.56 Å². The van der Waals surface area contributed by atoms with Gasteiger partial charge in [0.25, 0.3) is 5.91 Å². The zero-order valence-electron chi connectivity index (χ0n) is 14.7. The fourth-order valence-corrected chi connectivity index (χ4v) is 3.71. The fourth-order valence-electron chi connectivity index (χ4n) is 3.71. The lowest BCUT2D eigenvalue weighted by atomic mass is 9.90. The van der Waals surface area contributed by atoms with Gasteiger partial charge in [-0.15, -0.1) is 0 Å². The molecular weight excluding hydrogens is 324 g/mol. The van der Waals surface area contributed by atoms with Gasteiger partial charge >= 0.3 is 0 Å². The van der Waals surface area contributed by atoms with Crippen molar-refractivity contribution in [2.24, 2.45) is 0 Å². The molecule has 0 aliphatic carbocycles. The lowest BCUT2D eigenvalue weighted by Gasteiger charge is -2.27. The Bertz CT molecular complexity index is 897. The molecule has 3 aromatic rings. The summed E-state index contributed by atoms with van der Waals surface area (Å²) in [6.45, 7) is 1.20. The van der Waals surface area contributed by atoms with Gasteiger partial charge in [-0.2, -0.15) is 0 Å². The quantitative estimate of drug-likeness (QED) is 0.768. The first-order valence-corrected chi connectivity index (χ1v) is 9.10. The molecule has 2 aromatic carbocycles. The third kappa shape index (κ3) is 3.08. The second-order valence-electron chi connectivity index (χ2n) is 6.64. The van der Waals surface area contributed by atoms with Crippen LogP contribution in [0.1, 0.15) is 24.0 Å². The molecule has 1 aromatic heterocycles. The molecule has 1 unspecified atom stereocenters. The summed E-state index contributed by atoms with van der Waals surface area (Å²) in [5, 5.41) is 4.23. The molecule has 1 N–H and O–H groups in total. The highest BCUT2D eigenvalue weighted by molar-refractivity contribution is 5.87. The van der Waals surface area contributed by atoms with Crippen LogP contribution < -0.4 is 5.32 Å². The van der Waals surface area contributed by atoms with E-state index >= 15 is 0 Å². The van der Waals surface area contributed by atoms with Crippen molar-refractivity contribution in [3.05, 3.63) is 78.0 Å². The van der Waals surface area contributed by atoms with Crippen LogP contribution in [0.3, 0.4) is 0 Å². The zero-order chi connectivity index (χ0) is 17.8. The van der Waals surface area contributed by atoms with Gasteiger partial charge in [-0.1, -0.05) is 48.5 Å². The first kappa shape index (κ1) is 16.7. The number of amides is 1. The van der Waals surface area contributed by atoms with E-state index < -0.39 is 5.60 Å². The molecule has 0 saturated carbocycles. The molecule has 1 aliphatic heterocycles. The van der Waals surface area contributed by atoms with Gasteiger partial charge in [0, 0.05) is 24.7 Å². The van der Waals surface area contributed by atoms with Gasteiger partial charge in [0.2, 0.25) is 0 Å². The Kier molecular flexibility index (Phi) is 4.67. The van der Waals surface area contributed by atoms with Gasteiger partial charge in [-0.3, -0.25) is 9.78 Å². The Morgan fingerprint density at radius 2 is 1.88 bits per heavy atom. The molecule has 26 heavy (non-hydrogen) atoms. The number of carbonyl (C=O) groups excluding carboxylic acids is 1. The summed E-state index contributed by atoms with van der Waals surface area (Å²) in [5.74, 6) is -0.0421. The topological polar surface area (TPSA) is 51.2 Å². The largest absolute Gasteiger partial charge is 0.360 e. The van der Waals surface area contributed by atoms with Crippen LogP contribution >= 0.6 is 0 Å². The molecule has 1 atom stereocenters. The number of ether oxygens (including phenoxy) is 1. The Morgan fingerprint density at radius 1 is 1.08 bits per heavy atom. The van der Waals surface area contributed by atoms with Gasteiger partial charge < -0.3 is 10.1 Å². The smallest absolute Gasteiger partial charge is 0.256 e.